The van der Waals surface area contributed by atoms with E-state index in [0.29, 0.717) is 12.1 Å². The molecule has 3 atom stereocenters. The molecule has 1 heterocycles. The molecule has 20 heavy (non-hydrogen) atoms. The Hall–Kier alpha value is -0.420. The zero-order chi connectivity index (χ0) is 14.6. The molecule has 0 amide bonds. The predicted molar refractivity (Wildman–Crippen MR) is 86.3 cm³/mol. The molecule has 1 aliphatic rings. The standard InChI is InChI=1S/C16H28N2OS/c1-13(10-15-7-5-9-20-15)18(2)16(12-17)8-4-6-14(11-16)19-3/h5,7,9,13-14H,4,6,8,10-12,17H2,1-3H3. The van der Waals surface area contributed by atoms with Gasteiger partial charge < -0.3 is 10.5 Å². The lowest BCUT2D eigenvalue weighted by molar-refractivity contribution is -0.0250. The smallest absolute Gasteiger partial charge is 0.0589 e. The summed E-state index contributed by atoms with van der Waals surface area (Å²) in [6, 6.07) is 4.86. The van der Waals surface area contributed by atoms with Gasteiger partial charge in [-0.25, -0.2) is 0 Å². The molecule has 2 rings (SSSR count). The number of likely N-dealkylation sites (N-methyl/N-ethyl adjacent to an activating group) is 1. The fraction of sp³-hybridized carbons (Fsp3) is 0.750. The number of hydrogen-bond acceptors (Lipinski definition) is 4. The zero-order valence-electron chi connectivity index (χ0n) is 13.0. The lowest BCUT2D eigenvalue weighted by atomic mass is 9.78. The number of thiophene rings is 1. The van der Waals surface area contributed by atoms with Crippen LogP contribution in [0.5, 0.6) is 0 Å². The summed E-state index contributed by atoms with van der Waals surface area (Å²) in [5.41, 5.74) is 6.28. The van der Waals surface area contributed by atoms with Crippen LogP contribution in [0.25, 0.3) is 0 Å². The highest BCUT2D eigenvalue weighted by Gasteiger charge is 2.40. The summed E-state index contributed by atoms with van der Waals surface area (Å²) in [5.74, 6) is 0. The lowest BCUT2D eigenvalue weighted by Crippen LogP contribution is -2.58. The topological polar surface area (TPSA) is 38.5 Å². The van der Waals surface area contributed by atoms with Crippen LogP contribution in [0.4, 0.5) is 0 Å². The summed E-state index contributed by atoms with van der Waals surface area (Å²) in [7, 11) is 4.06. The van der Waals surface area contributed by atoms with Crippen molar-refractivity contribution in [3.8, 4) is 0 Å². The normalized spacial score (nSPS) is 28.8. The highest BCUT2D eigenvalue weighted by atomic mass is 32.1. The van der Waals surface area contributed by atoms with Gasteiger partial charge in [-0.3, -0.25) is 4.90 Å². The first-order valence-electron chi connectivity index (χ1n) is 7.59. The van der Waals surface area contributed by atoms with Crippen molar-refractivity contribution in [3.05, 3.63) is 22.4 Å². The Bertz CT molecular complexity index is 395. The van der Waals surface area contributed by atoms with Crippen molar-refractivity contribution in [1.82, 2.24) is 4.90 Å². The molecule has 3 unspecified atom stereocenters. The van der Waals surface area contributed by atoms with Crippen molar-refractivity contribution >= 4 is 11.3 Å². The second-order valence-corrected chi connectivity index (χ2v) is 7.16. The number of hydrogen-bond donors (Lipinski definition) is 1. The Morgan fingerprint density at radius 3 is 3.00 bits per heavy atom. The van der Waals surface area contributed by atoms with E-state index in [1.807, 2.05) is 18.4 Å². The quantitative estimate of drug-likeness (QED) is 0.877. The maximum Gasteiger partial charge on any atom is 0.0589 e. The molecule has 1 aromatic heterocycles. The Morgan fingerprint density at radius 2 is 2.40 bits per heavy atom. The first-order chi connectivity index (χ1) is 9.61. The molecule has 1 aromatic rings. The average Bonchev–Trinajstić information content (AvgIpc) is 2.99. The molecular weight excluding hydrogens is 268 g/mol. The maximum atomic E-state index is 6.17. The number of ether oxygens (including phenoxy) is 1. The molecule has 1 aliphatic carbocycles. The Morgan fingerprint density at radius 1 is 1.60 bits per heavy atom. The van der Waals surface area contributed by atoms with Crippen LogP contribution in [-0.4, -0.2) is 43.3 Å². The van der Waals surface area contributed by atoms with Crippen LogP contribution >= 0.6 is 11.3 Å². The third-order valence-corrected chi connectivity index (χ3v) is 5.87. The van der Waals surface area contributed by atoms with Gasteiger partial charge >= 0.3 is 0 Å². The van der Waals surface area contributed by atoms with Crippen LogP contribution in [0, 0.1) is 0 Å². The minimum Gasteiger partial charge on any atom is -0.381 e. The highest BCUT2D eigenvalue weighted by Crippen LogP contribution is 2.35. The fourth-order valence-corrected chi connectivity index (χ4v) is 4.29. The second kappa shape index (κ2) is 7.03. The summed E-state index contributed by atoms with van der Waals surface area (Å²) >= 11 is 1.84. The van der Waals surface area contributed by atoms with E-state index >= 15 is 0 Å². The van der Waals surface area contributed by atoms with Gasteiger partial charge in [0.05, 0.1) is 6.10 Å². The van der Waals surface area contributed by atoms with Gasteiger partial charge in [0.25, 0.3) is 0 Å². The fourth-order valence-electron chi connectivity index (χ4n) is 3.46. The summed E-state index contributed by atoms with van der Waals surface area (Å²) in [5, 5.41) is 2.16. The van der Waals surface area contributed by atoms with E-state index in [-0.39, 0.29) is 5.54 Å². The highest BCUT2D eigenvalue weighted by molar-refractivity contribution is 7.09. The molecule has 1 saturated carbocycles. The van der Waals surface area contributed by atoms with E-state index in [4.69, 9.17) is 10.5 Å². The van der Waals surface area contributed by atoms with E-state index in [9.17, 15) is 0 Å². The van der Waals surface area contributed by atoms with E-state index in [1.54, 1.807) is 0 Å². The second-order valence-electron chi connectivity index (χ2n) is 6.13. The minimum atomic E-state index is 0.107. The molecule has 0 spiro atoms. The van der Waals surface area contributed by atoms with Gasteiger partial charge in [0.2, 0.25) is 0 Å². The molecule has 0 aromatic carbocycles. The third kappa shape index (κ3) is 3.42. The first kappa shape index (κ1) is 16.0. The van der Waals surface area contributed by atoms with Gasteiger partial charge in [0.1, 0.15) is 0 Å². The molecule has 0 radical (unpaired) electrons. The average molecular weight is 296 g/mol. The van der Waals surface area contributed by atoms with Gasteiger partial charge in [-0.15, -0.1) is 11.3 Å². The van der Waals surface area contributed by atoms with Gasteiger partial charge in [-0.1, -0.05) is 6.07 Å². The third-order valence-electron chi connectivity index (χ3n) is 4.98. The van der Waals surface area contributed by atoms with E-state index in [0.717, 1.165) is 19.4 Å². The zero-order valence-corrected chi connectivity index (χ0v) is 13.8. The van der Waals surface area contributed by atoms with Crippen molar-refractivity contribution in [1.29, 1.82) is 0 Å². The van der Waals surface area contributed by atoms with E-state index in [1.165, 1.54) is 24.1 Å². The van der Waals surface area contributed by atoms with Crippen molar-refractivity contribution < 1.29 is 4.74 Å². The van der Waals surface area contributed by atoms with Crippen LogP contribution in [0.3, 0.4) is 0 Å². The van der Waals surface area contributed by atoms with Crippen LogP contribution in [0.2, 0.25) is 0 Å². The molecule has 2 N–H and O–H groups in total. The summed E-state index contributed by atoms with van der Waals surface area (Å²) in [4.78, 5) is 3.97. The van der Waals surface area contributed by atoms with Gasteiger partial charge in [-0.2, -0.15) is 0 Å². The van der Waals surface area contributed by atoms with Crippen LogP contribution in [-0.2, 0) is 11.2 Å². The largest absolute Gasteiger partial charge is 0.381 e. The van der Waals surface area contributed by atoms with Crippen molar-refractivity contribution in [3.63, 3.8) is 0 Å². The van der Waals surface area contributed by atoms with Gasteiger partial charge in [-0.05, 0) is 57.5 Å². The maximum absolute atomic E-state index is 6.17. The summed E-state index contributed by atoms with van der Waals surface area (Å²) < 4.78 is 5.60. The number of nitrogens with two attached hydrogens (primary N) is 1. The Balaban J connectivity index is 2.05. The van der Waals surface area contributed by atoms with Gasteiger partial charge in [0, 0.05) is 30.1 Å². The van der Waals surface area contributed by atoms with Crippen molar-refractivity contribution in [2.24, 2.45) is 5.73 Å². The monoisotopic (exact) mass is 296 g/mol. The van der Waals surface area contributed by atoms with Crippen LogP contribution in [0.1, 0.15) is 37.5 Å². The van der Waals surface area contributed by atoms with E-state index < -0.39 is 0 Å². The molecule has 1 fully saturated rings. The molecular formula is C16H28N2OS. The SMILES string of the molecule is COC1CCCC(CN)(N(C)C(C)Cc2cccs2)C1. The van der Waals surface area contributed by atoms with Crippen molar-refractivity contribution in [2.45, 2.75) is 56.7 Å². The Labute approximate surface area is 127 Å². The number of methoxy groups -OCH3 is 1. The van der Waals surface area contributed by atoms with E-state index in [2.05, 4.69) is 36.4 Å². The predicted octanol–water partition coefficient (Wildman–Crippen LogP) is 2.90. The molecule has 0 aliphatic heterocycles. The number of nitrogens with zero attached hydrogens (tertiary/aromatic N) is 1. The van der Waals surface area contributed by atoms with Gasteiger partial charge in [0.15, 0.2) is 0 Å². The van der Waals surface area contributed by atoms with Crippen molar-refractivity contribution in [2.75, 3.05) is 20.7 Å². The van der Waals surface area contributed by atoms with Crippen LogP contribution in [0.15, 0.2) is 17.5 Å². The molecule has 3 nitrogen and oxygen atoms in total. The van der Waals surface area contributed by atoms with Crippen LogP contribution < -0.4 is 5.73 Å². The first-order valence-corrected chi connectivity index (χ1v) is 8.47. The molecule has 0 saturated heterocycles. The molecule has 0 bridgehead atoms. The molecule has 4 heteroatoms. The lowest BCUT2D eigenvalue weighted by Gasteiger charge is -2.48. The minimum absolute atomic E-state index is 0.107. The summed E-state index contributed by atoms with van der Waals surface area (Å²) in [6.45, 7) is 3.03. The summed E-state index contributed by atoms with van der Waals surface area (Å²) in [6.07, 6.45) is 6.11. The molecule has 114 valence electrons. The Kier molecular flexibility index (Phi) is 5.61. The number of rotatable bonds is 6.